The summed E-state index contributed by atoms with van der Waals surface area (Å²) < 4.78 is 0.417. The number of carbonyl (C=O) groups excluding carboxylic acids is 1. The first-order valence-corrected chi connectivity index (χ1v) is 7.22. The summed E-state index contributed by atoms with van der Waals surface area (Å²) in [5.41, 5.74) is 0. The lowest BCUT2D eigenvalue weighted by Crippen LogP contribution is -2.05. The zero-order valence-corrected chi connectivity index (χ0v) is 13.7. The predicted molar refractivity (Wildman–Crippen MR) is 96.2 cm³/mol. The van der Waals surface area contributed by atoms with E-state index in [1.165, 1.54) is 13.8 Å². The normalized spacial score (nSPS) is 7.25. The number of hydrogen-bond acceptors (Lipinski definition) is 4. The van der Waals surface area contributed by atoms with Crippen molar-refractivity contribution in [3.63, 3.8) is 0 Å². The van der Waals surface area contributed by atoms with Crippen molar-refractivity contribution in [2.24, 2.45) is 0 Å². The van der Waals surface area contributed by atoms with Crippen molar-refractivity contribution < 1.29 is 4.79 Å². The van der Waals surface area contributed by atoms with Gasteiger partial charge in [0.2, 0.25) is 0 Å². The Bertz CT molecular complexity index is 107. The molecule has 0 spiro atoms. The Kier molecular flexibility index (Phi) is 56.3. The van der Waals surface area contributed by atoms with Gasteiger partial charge in [0.05, 0.1) is 4.08 Å². The molecule has 0 aromatic carbocycles. The minimum Gasteiger partial charge on any atom is -0.300 e. The summed E-state index contributed by atoms with van der Waals surface area (Å²) in [7, 11) is 0. The third-order valence-corrected chi connectivity index (χ3v) is 3.95. The van der Waals surface area contributed by atoms with Gasteiger partial charge in [0.1, 0.15) is 5.78 Å². The van der Waals surface area contributed by atoms with Gasteiger partial charge in [-0.15, -0.1) is 23.5 Å². The van der Waals surface area contributed by atoms with Crippen LogP contribution in [-0.2, 0) is 4.79 Å². The molecule has 5 heteroatoms. The molecule has 0 aliphatic heterocycles. The van der Waals surface area contributed by atoms with Gasteiger partial charge in [-0.05, 0) is 46.5 Å². The highest BCUT2D eigenvalue weighted by Gasteiger charge is 2.11. The highest BCUT2D eigenvalue weighted by molar-refractivity contribution is 8.17. The summed E-state index contributed by atoms with van der Waals surface area (Å²) in [4.78, 5) is 9.44. The van der Waals surface area contributed by atoms with Crippen LogP contribution >= 0.6 is 49.6 Å². The lowest BCUT2D eigenvalue weighted by atomic mass is 10.5. The van der Waals surface area contributed by atoms with Crippen LogP contribution in [0.2, 0.25) is 0 Å². The Labute approximate surface area is 125 Å². The smallest absolute Gasteiger partial charge is 0.126 e. The van der Waals surface area contributed by atoms with Crippen LogP contribution in [0.3, 0.4) is 0 Å². The van der Waals surface area contributed by atoms with Crippen LogP contribution in [-0.4, -0.2) is 28.6 Å². The van der Waals surface area contributed by atoms with Crippen molar-refractivity contribution >= 4 is 55.4 Å². The van der Waals surface area contributed by atoms with Gasteiger partial charge >= 0.3 is 0 Å². The average molecular weight is 309 g/mol. The molecule has 0 rings (SSSR count). The molecule has 0 aromatic heterocycles. The molecule has 0 aliphatic rings. The number of rotatable bonds is 2. The summed E-state index contributed by atoms with van der Waals surface area (Å²) in [5, 5.41) is 0. The van der Waals surface area contributed by atoms with Crippen molar-refractivity contribution in [1.29, 1.82) is 0 Å². The van der Waals surface area contributed by atoms with Crippen LogP contribution < -0.4 is 0 Å². The molecule has 1 nitrogen and oxygen atoms in total. The molecule has 0 unspecified atom stereocenters. The molecule has 0 bridgehead atoms. The maximum atomic E-state index is 9.44. The van der Waals surface area contributed by atoms with Crippen molar-refractivity contribution in [2.75, 3.05) is 18.8 Å². The van der Waals surface area contributed by atoms with Gasteiger partial charge in [-0.1, -0.05) is 14.9 Å². The zero-order chi connectivity index (χ0) is 11.5. The van der Waals surface area contributed by atoms with Crippen LogP contribution in [0.5, 0.6) is 0 Å². The lowest BCUT2D eigenvalue weighted by Gasteiger charge is -2.17. The van der Waals surface area contributed by atoms with E-state index < -0.39 is 0 Å². The first kappa shape index (κ1) is 36.0. The predicted octanol–water partition coefficient (Wildman–Crippen LogP) is 4.97. The molecule has 0 atom stereocenters. The molecule has 0 heterocycles. The standard InChI is InChI=1S/C5H12S2.C3H6O.CH4S.2CH4.H2S/c1-5(2,6-3)7-4;1-3(2)4;1-2;;;/h1-4H3;1-2H3;2H,1H3;2*1H4;1H2. The second kappa shape index (κ2) is 25.1. The first-order valence-electron chi connectivity index (χ1n) is 3.88. The second-order valence-corrected chi connectivity index (χ2v) is 5.83. The number of Topliss-reactive ketones (excluding diaryl/α,β-unsaturated/α-hetero) is 1. The molecule has 16 heavy (non-hydrogen) atoms. The third-order valence-electron chi connectivity index (χ3n) is 0.983. The fraction of sp³-hybridized carbons (Fsp3) is 0.909. The van der Waals surface area contributed by atoms with Crippen LogP contribution in [0.25, 0.3) is 0 Å². The van der Waals surface area contributed by atoms with Gasteiger partial charge in [0.25, 0.3) is 0 Å². The molecule has 0 saturated heterocycles. The molecule has 0 radical (unpaired) electrons. The maximum Gasteiger partial charge on any atom is 0.126 e. The second-order valence-electron chi connectivity index (χ2n) is 2.72. The first-order chi connectivity index (χ1) is 5.85. The highest BCUT2D eigenvalue weighted by Crippen LogP contribution is 2.31. The molecule has 0 aromatic rings. The van der Waals surface area contributed by atoms with Crippen LogP contribution in [0, 0.1) is 0 Å². The van der Waals surface area contributed by atoms with E-state index in [2.05, 4.69) is 39.0 Å². The van der Waals surface area contributed by atoms with E-state index in [9.17, 15) is 4.79 Å². The van der Waals surface area contributed by atoms with Gasteiger partial charge in [0, 0.05) is 0 Å². The Morgan fingerprint density at radius 1 is 1.00 bits per heavy atom. The van der Waals surface area contributed by atoms with E-state index >= 15 is 0 Å². The van der Waals surface area contributed by atoms with Crippen molar-refractivity contribution in [2.45, 2.75) is 46.6 Å². The highest BCUT2D eigenvalue weighted by atomic mass is 32.2. The van der Waals surface area contributed by atoms with E-state index in [-0.39, 0.29) is 34.1 Å². The van der Waals surface area contributed by atoms with E-state index in [4.69, 9.17) is 0 Å². The fourth-order valence-electron chi connectivity index (χ4n) is 0.0833. The molecule has 0 aliphatic carbocycles. The molecule has 106 valence electrons. The Hall–Kier alpha value is 1.07. The summed E-state index contributed by atoms with van der Waals surface area (Å²) in [6.45, 7) is 7.50. The van der Waals surface area contributed by atoms with E-state index in [0.29, 0.717) is 4.08 Å². The summed E-state index contributed by atoms with van der Waals surface area (Å²) in [6.07, 6.45) is 5.97. The maximum absolute atomic E-state index is 9.44. The third kappa shape index (κ3) is 59.7. The van der Waals surface area contributed by atoms with Crippen molar-refractivity contribution in [3.8, 4) is 0 Å². The zero-order valence-electron chi connectivity index (χ0n) is 10.2. The number of thioether (sulfide) groups is 2. The minimum absolute atomic E-state index is 0. The molecule has 0 N–H and O–H groups in total. The number of ketones is 1. The summed E-state index contributed by atoms with van der Waals surface area (Å²) >= 11 is 7.31. The Balaban J connectivity index is -0.0000000247. The van der Waals surface area contributed by atoms with Gasteiger partial charge < -0.3 is 4.79 Å². The monoisotopic (exact) mass is 308 g/mol. The quantitative estimate of drug-likeness (QED) is 0.573. The summed E-state index contributed by atoms with van der Waals surface area (Å²) in [6, 6.07) is 0. The Morgan fingerprint density at radius 2 is 1.12 bits per heavy atom. The van der Waals surface area contributed by atoms with Crippen molar-refractivity contribution in [1.82, 2.24) is 0 Å². The van der Waals surface area contributed by atoms with Gasteiger partial charge in [-0.2, -0.15) is 26.1 Å². The molecular formula is C11H32OS4. The minimum atomic E-state index is 0. The number of hydrogen-bond donors (Lipinski definition) is 1. The van der Waals surface area contributed by atoms with E-state index in [1.54, 1.807) is 6.26 Å². The SMILES string of the molecule is C.C.CC(C)=O.CS.CSC(C)(C)SC.S. The molecule has 0 saturated carbocycles. The lowest BCUT2D eigenvalue weighted by molar-refractivity contribution is -0.114. The van der Waals surface area contributed by atoms with Crippen molar-refractivity contribution in [3.05, 3.63) is 0 Å². The molecule has 0 fully saturated rings. The van der Waals surface area contributed by atoms with Crippen LogP contribution in [0.4, 0.5) is 0 Å². The van der Waals surface area contributed by atoms with Gasteiger partial charge in [-0.25, -0.2) is 0 Å². The van der Waals surface area contributed by atoms with Gasteiger partial charge in [-0.3, -0.25) is 0 Å². The van der Waals surface area contributed by atoms with E-state index in [0.717, 1.165) is 0 Å². The number of carbonyl (C=O) groups is 1. The van der Waals surface area contributed by atoms with Gasteiger partial charge in [0.15, 0.2) is 0 Å². The average Bonchev–Trinajstić information content (AvgIpc) is 2.07. The number of thiol groups is 1. The van der Waals surface area contributed by atoms with Crippen LogP contribution in [0.15, 0.2) is 0 Å². The largest absolute Gasteiger partial charge is 0.300 e. The molecular weight excluding hydrogens is 276 g/mol. The Morgan fingerprint density at radius 3 is 1.12 bits per heavy atom. The topological polar surface area (TPSA) is 17.1 Å². The van der Waals surface area contributed by atoms with Crippen LogP contribution in [0.1, 0.15) is 42.5 Å². The summed E-state index contributed by atoms with van der Waals surface area (Å²) in [5.74, 6) is 0.167. The van der Waals surface area contributed by atoms with E-state index in [1.807, 2.05) is 23.5 Å². The molecule has 0 amide bonds. The fourth-order valence-corrected chi connectivity index (χ4v) is 0.750.